The molecule has 0 bridgehead atoms. The summed E-state index contributed by atoms with van der Waals surface area (Å²) < 4.78 is 21.5. The number of para-hydroxylation sites is 1. The summed E-state index contributed by atoms with van der Waals surface area (Å²) in [6, 6.07) is 20.0. The molecule has 3 aromatic carbocycles. The predicted molar refractivity (Wildman–Crippen MR) is 107 cm³/mol. The highest BCUT2D eigenvalue weighted by atomic mass is 127. The van der Waals surface area contributed by atoms with Crippen molar-refractivity contribution in [1.29, 1.82) is 0 Å². The van der Waals surface area contributed by atoms with Crippen LogP contribution in [0.25, 0.3) is 0 Å². The second kappa shape index (κ2) is 7.90. The van der Waals surface area contributed by atoms with Gasteiger partial charge in [0.05, 0.1) is 5.69 Å². The number of rotatable bonds is 4. The number of halogens is 3. The molecular formula is C19H12BrFINO. The van der Waals surface area contributed by atoms with Crippen molar-refractivity contribution in [2.75, 3.05) is 0 Å². The Morgan fingerprint density at radius 1 is 0.958 bits per heavy atom. The normalized spacial score (nSPS) is 11.0. The summed E-state index contributed by atoms with van der Waals surface area (Å²) in [5.74, 6) is 0.301. The van der Waals surface area contributed by atoms with Crippen LogP contribution < -0.4 is 4.74 Å². The quantitative estimate of drug-likeness (QED) is 0.290. The summed E-state index contributed by atoms with van der Waals surface area (Å²) in [5, 5.41) is 0. The van der Waals surface area contributed by atoms with Crippen molar-refractivity contribution in [3.05, 3.63) is 86.2 Å². The van der Waals surface area contributed by atoms with Gasteiger partial charge < -0.3 is 4.74 Å². The fourth-order valence-corrected chi connectivity index (χ4v) is 2.72. The van der Waals surface area contributed by atoms with Crippen LogP contribution >= 0.6 is 38.5 Å². The molecule has 0 N–H and O–H groups in total. The molecule has 0 aromatic heterocycles. The largest absolute Gasteiger partial charge is 0.454 e. The summed E-state index contributed by atoms with van der Waals surface area (Å²) in [6.07, 6.45) is 1.72. The second-order valence-electron chi connectivity index (χ2n) is 4.95. The summed E-state index contributed by atoms with van der Waals surface area (Å²) in [7, 11) is 0. The molecule has 24 heavy (non-hydrogen) atoms. The van der Waals surface area contributed by atoms with Gasteiger partial charge in [-0.05, 0) is 77.2 Å². The van der Waals surface area contributed by atoms with Crippen molar-refractivity contribution < 1.29 is 9.13 Å². The van der Waals surface area contributed by atoms with Crippen molar-refractivity contribution in [2.24, 2.45) is 4.99 Å². The van der Waals surface area contributed by atoms with Crippen LogP contribution in [0.3, 0.4) is 0 Å². The molecule has 0 saturated heterocycles. The number of nitrogens with zero attached hydrogens (tertiary/aromatic N) is 1. The SMILES string of the molecule is Fc1cc(Br)ccc1Oc1ccccc1C=Nc1ccc(I)cc1. The van der Waals surface area contributed by atoms with Gasteiger partial charge in [0.2, 0.25) is 0 Å². The predicted octanol–water partition coefficient (Wildman–Crippen LogP) is 6.74. The maximum absolute atomic E-state index is 14.0. The van der Waals surface area contributed by atoms with E-state index in [1.165, 1.54) is 6.07 Å². The number of benzene rings is 3. The first-order valence-corrected chi connectivity index (χ1v) is 9.00. The molecule has 120 valence electrons. The minimum atomic E-state index is -0.422. The molecule has 0 aliphatic carbocycles. The van der Waals surface area contributed by atoms with E-state index in [0.717, 1.165) is 14.8 Å². The molecule has 0 amide bonds. The van der Waals surface area contributed by atoms with Gasteiger partial charge >= 0.3 is 0 Å². The summed E-state index contributed by atoms with van der Waals surface area (Å²) >= 11 is 5.48. The first-order chi connectivity index (χ1) is 11.6. The van der Waals surface area contributed by atoms with E-state index in [1.54, 1.807) is 24.4 Å². The minimum absolute atomic E-state index is 0.174. The Bertz CT molecular complexity index is 881. The van der Waals surface area contributed by atoms with Crippen LogP contribution in [0.4, 0.5) is 10.1 Å². The molecule has 0 saturated carbocycles. The number of ether oxygens (including phenoxy) is 1. The number of hydrogen-bond acceptors (Lipinski definition) is 2. The van der Waals surface area contributed by atoms with Crippen LogP contribution in [0.15, 0.2) is 76.2 Å². The molecule has 3 aromatic rings. The van der Waals surface area contributed by atoms with Crippen LogP contribution in [0.5, 0.6) is 11.5 Å². The Kier molecular flexibility index (Phi) is 5.63. The third-order valence-corrected chi connectivity index (χ3v) is 4.42. The fraction of sp³-hybridized carbons (Fsp3) is 0. The highest BCUT2D eigenvalue weighted by molar-refractivity contribution is 14.1. The van der Waals surface area contributed by atoms with Crippen molar-refractivity contribution in [3.63, 3.8) is 0 Å². The van der Waals surface area contributed by atoms with Gasteiger partial charge in [0, 0.05) is 19.8 Å². The topological polar surface area (TPSA) is 21.6 Å². The lowest BCUT2D eigenvalue weighted by molar-refractivity contribution is 0.441. The summed E-state index contributed by atoms with van der Waals surface area (Å²) in [6.45, 7) is 0. The van der Waals surface area contributed by atoms with Gasteiger partial charge in [-0.2, -0.15) is 0 Å². The van der Waals surface area contributed by atoms with Gasteiger partial charge in [0.15, 0.2) is 11.6 Å². The average molecular weight is 496 g/mol. The van der Waals surface area contributed by atoms with Gasteiger partial charge in [-0.15, -0.1) is 0 Å². The highest BCUT2D eigenvalue weighted by Crippen LogP contribution is 2.28. The third-order valence-electron chi connectivity index (χ3n) is 3.21. The van der Waals surface area contributed by atoms with E-state index >= 15 is 0 Å². The Hall–Kier alpha value is -1.73. The van der Waals surface area contributed by atoms with Gasteiger partial charge in [-0.25, -0.2) is 4.39 Å². The molecule has 0 aliphatic rings. The molecule has 0 aliphatic heterocycles. The van der Waals surface area contributed by atoms with Crippen LogP contribution in [-0.2, 0) is 0 Å². The Labute approximate surface area is 161 Å². The average Bonchev–Trinajstić information content (AvgIpc) is 2.58. The smallest absolute Gasteiger partial charge is 0.166 e. The maximum Gasteiger partial charge on any atom is 0.166 e. The van der Waals surface area contributed by atoms with Gasteiger partial charge in [0.1, 0.15) is 5.75 Å². The van der Waals surface area contributed by atoms with E-state index in [-0.39, 0.29) is 5.75 Å². The van der Waals surface area contributed by atoms with Gasteiger partial charge in [-0.1, -0.05) is 28.1 Å². The Morgan fingerprint density at radius 2 is 1.71 bits per heavy atom. The number of aliphatic imine (C=N–C) groups is 1. The zero-order chi connectivity index (χ0) is 16.9. The van der Waals surface area contributed by atoms with Crippen molar-refractivity contribution in [3.8, 4) is 11.5 Å². The minimum Gasteiger partial charge on any atom is -0.454 e. The van der Waals surface area contributed by atoms with Crippen LogP contribution in [0.1, 0.15) is 5.56 Å². The number of hydrogen-bond donors (Lipinski definition) is 0. The molecular weight excluding hydrogens is 484 g/mol. The molecule has 5 heteroatoms. The van der Waals surface area contributed by atoms with Crippen molar-refractivity contribution in [2.45, 2.75) is 0 Å². The lowest BCUT2D eigenvalue weighted by atomic mass is 10.2. The van der Waals surface area contributed by atoms with E-state index in [4.69, 9.17) is 4.74 Å². The highest BCUT2D eigenvalue weighted by Gasteiger charge is 2.08. The van der Waals surface area contributed by atoms with E-state index in [0.29, 0.717) is 10.2 Å². The molecule has 0 spiro atoms. The summed E-state index contributed by atoms with van der Waals surface area (Å²) in [4.78, 5) is 4.45. The third kappa shape index (κ3) is 4.42. The zero-order valence-corrected chi connectivity index (χ0v) is 16.2. The molecule has 3 rings (SSSR count). The monoisotopic (exact) mass is 495 g/mol. The first-order valence-electron chi connectivity index (χ1n) is 7.13. The van der Waals surface area contributed by atoms with E-state index in [2.05, 4.69) is 43.5 Å². The fourth-order valence-electron chi connectivity index (χ4n) is 2.03. The lowest BCUT2D eigenvalue weighted by Crippen LogP contribution is -1.92. The second-order valence-corrected chi connectivity index (χ2v) is 7.11. The molecule has 0 atom stereocenters. The first kappa shape index (κ1) is 17.1. The molecule has 0 radical (unpaired) electrons. The van der Waals surface area contributed by atoms with Gasteiger partial charge in [0.25, 0.3) is 0 Å². The van der Waals surface area contributed by atoms with Crippen LogP contribution in [0, 0.1) is 9.39 Å². The van der Waals surface area contributed by atoms with Crippen LogP contribution in [0.2, 0.25) is 0 Å². The Balaban J connectivity index is 1.86. The zero-order valence-electron chi connectivity index (χ0n) is 12.4. The lowest BCUT2D eigenvalue weighted by Gasteiger charge is -2.09. The van der Waals surface area contributed by atoms with Crippen LogP contribution in [-0.4, -0.2) is 6.21 Å². The van der Waals surface area contributed by atoms with E-state index in [1.807, 2.05) is 42.5 Å². The molecule has 0 heterocycles. The maximum atomic E-state index is 14.0. The summed E-state index contributed by atoms with van der Waals surface area (Å²) in [5.41, 5.74) is 1.62. The standard InChI is InChI=1S/C19H12BrFINO/c20-14-5-10-19(17(21)11-14)24-18-4-2-1-3-13(18)12-23-16-8-6-15(22)7-9-16/h1-12H. The Morgan fingerprint density at radius 3 is 2.46 bits per heavy atom. The molecule has 0 unspecified atom stereocenters. The van der Waals surface area contributed by atoms with E-state index < -0.39 is 5.82 Å². The van der Waals surface area contributed by atoms with E-state index in [9.17, 15) is 4.39 Å². The molecule has 2 nitrogen and oxygen atoms in total. The van der Waals surface area contributed by atoms with Crippen molar-refractivity contribution in [1.82, 2.24) is 0 Å². The molecule has 0 fully saturated rings. The van der Waals surface area contributed by atoms with Gasteiger partial charge in [-0.3, -0.25) is 4.99 Å². The van der Waals surface area contributed by atoms with Crippen molar-refractivity contribution >= 4 is 50.4 Å².